The van der Waals surface area contributed by atoms with E-state index in [1.807, 2.05) is 36.4 Å². The number of phenolic OH excluding ortho intramolecular Hbond substituents is 2. The summed E-state index contributed by atoms with van der Waals surface area (Å²) in [5.41, 5.74) is 12.2. The molecule has 0 radical (unpaired) electrons. The molecule has 0 aromatic heterocycles. The van der Waals surface area contributed by atoms with E-state index in [1.165, 1.54) is 55.5 Å². The number of ether oxygens (including phenoxy) is 7. The number of fused-ring (bicyclic) bond motifs is 6. The predicted octanol–water partition coefficient (Wildman–Crippen LogP) is 17.6. The van der Waals surface area contributed by atoms with Gasteiger partial charge >= 0.3 is 0 Å². The van der Waals surface area contributed by atoms with Gasteiger partial charge in [-0.1, -0.05) is 111 Å². The zero-order chi connectivity index (χ0) is 62.9. The molecular formula is C79H89N2O10+. The first-order valence-corrected chi connectivity index (χ1v) is 33.3. The Morgan fingerprint density at radius 3 is 1.92 bits per heavy atom. The molecule has 7 aromatic rings. The van der Waals surface area contributed by atoms with Crippen molar-refractivity contribution in [1.82, 2.24) is 0 Å². The van der Waals surface area contributed by atoms with Gasteiger partial charge in [0.15, 0.2) is 24.6 Å². The minimum Gasteiger partial charge on any atom is -0.508 e. The number of likely N-dealkylation sites (N-methyl/N-ethyl adjacent to an activating group) is 1. The van der Waals surface area contributed by atoms with Crippen LogP contribution in [0.5, 0.6) is 17.2 Å². The Hall–Kier alpha value is -7.39. The van der Waals surface area contributed by atoms with Crippen LogP contribution in [-0.4, -0.2) is 82.4 Å². The standard InChI is InChI=1S/C79H88N2O10/c1-8-61-47-66(46-60(84)25-16-27-64-48-65(90-77(89-64)56-21-14-24-59(83)44-56)29-17-28-62-42-49(2)85-76(88-62)55-20-13-23-58(82)43-55)91-78(87-61)57-22-15-26-63(45-57)86-75-53(36-38-69-50(3)73-67-30-11-9-18-51(67)34-39-70(73)80(69)6)32-33-54(75)37-41-72-79(4,5)74-68-31-12-10-19-52(68)35-40-71(74)81(72)7/h9-15,18-24,26,30-31,34-41,43-45,49-50,60-62,64-66,76-78,84H,8,16-17,25,27-29,32-33,42,46-48H2,1-7H3,(H-,82,83)/p+1. The summed E-state index contributed by atoms with van der Waals surface area (Å²) in [6, 6.07) is 48.8. The maximum atomic E-state index is 11.8. The maximum Gasteiger partial charge on any atom is 0.210 e. The zero-order valence-corrected chi connectivity index (χ0v) is 53.8. The summed E-state index contributed by atoms with van der Waals surface area (Å²) in [6.07, 6.45) is 16.3. The monoisotopic (exact) mass is 1230 g/mol. The Morgan fingerprint density at radius 1 is 0.626 bits per heavy atom. The number of benzene rings is 7. The molecule has 11 unspecified atom stereocenters. The van der Waals surface area contributed by atoms with Gasteiger partial charge in [-0.05, 0) is 190 Å². The van der Waals surface area contributed by atoms with Crippen molar-refractivity contribution in [2.45, 2.75) is 191 Å². The summed E-state index contributed by atoms with van der Waals surface area (Å²) < 4.78 is 48.8. The van der Waals surface area contributed by atoms with Crippen LogP contribution in [0.25, 0.3) is 21.5 Å². The third-order valence-corrected chi connectivity index (χ3v) is 19.9. The van der Waals surface area contributed by atoms with Gasteiger partial charge in [0.25, 0.3) is 0 Å². The highest BCUT2D eigenvalue weighted by Gasteiger charge is 2.45. The van der Waals surface area contributed by atoms with Crippen molar-refractivity contribution < 1.29 is 53.1 Å². The van der Waals surface area contributed by atoms with Crippen molar-refractivity contribution in [2.24, 2.45) is 0 Å². The van der Waals surface area contributed by atoms with Gasteiger partial charge in [0.05, 0.1) is 48.1 Å². The molecule has 1 aliphatic carbocycles. The molecule has 0 spiro atoms. The average Bonchev–Trinajstić information content (AvgIpc) is 1.60. The fourth-order valence-corrected chi connectivity index (χ4v) is 15.3. The highest BCUT2D eigenvalue weighted by atomic mass is 16.7. The largest absolute Gasteiger partial charge is 0.508 e. The highest BCUT2D eigenvalue weighted by Crippen LogP contribution is 2.48. The first kappa shape index (κ1) is 62.4. The van der Waals surface area contributed by atoms with Crippen molar-refractivity contribution in [3.05, 3.63) is 220 Å². The second-order valence-electron chi connectivity index (χ2n) is 26.7. The molecule has 12 nitrogen and oxygen atoms in total. The number of rotatable bonds is 19. The Balaban J connectivity index is 0.685. The smallest absolute Gasteiger partial charge is 0.210 e. The second-order valence-corrected chi connectivity index (χ2v) is 26.7. The molecule has 5 heterocycles. The first-order chi connectivity index (χ1) is 44.1. The lowest BCUT2D eigenvalue weighted by Gasteiger charge is -2.37. The van der Waals surface area contributed by atoms with E-state index in [2.05, 4.69) is 167 Å². The fourth-order valence-electron chi connectivity index (χ4n) is 15.3. The predicted molar refractivity (Wildman–Crippen MR) is 359 cm³/mol. The van der Waals surface area contributed by atoms with Gasteiger partial charge in [0, 0.05) is 71.6 Å². The van der Waals surface area contributed by atoms with Crippen LogP contribution >= 0.6 is 0 Å². The number of phenols is 2. The molecule has 3 fully saturated rings. The van der Waals surface area contributed by atoms with E-state index >= 15 is 0 Å². The third-order valence-electron chi connectivity index (χ3n) is 19.9. The number of hydrogen-bond donors (Lipinski definition) is 3. The summed E-state index contributed by atoms with van der Waals surface area (Å²) in [7, 11) is 4.37. The molecule has 13 rings (SSSR count). The van der Waals surface area contributed by atoms with Gasteiger partial charge in [0.1, 0.15) is 30.1 Å². The highest BCUT2D eigenvalue weighted by molar-refractivity contribution is 6.07. The van der Waals surface area contributed by atoms with Gasteiger partial charge < -0.3 is 53.4 Å². The van der Waals surface area contributed by atoms with Crippen molar-refractivity contribution in [2.75, 3.05) is 19.0 Å². The molecule has 474 valence electrons. The van der Waals surface area contributed by atoms with Crippen molar-refractivity contribution >= 4 is 38.6 Å². The van der Waals surface area contributed by atoms with Crippen LogP contribution in [0.1, 0.15) is 171 Å². The molecule has 5 aliphatic heterocycles. The molecule has 91 heavy (non-hydrogen) atoms. The van der Waals surface area contributed by atoms with E-state index in [9.17, 15) is 15.3 Å². The van der Waals surface area contributed by atoms with Crippen LogP contribution in [-0.2, 0) is 33.8 Å². The lowest BCUT2D eigenvalue weighted by molar-refractivity contribution is -0.401. The van der Waals surface area contributed by atoms with Crippen LogP contribution in [0, 0.1) is 0 Å². The first-order valence-electron chi connectivity index (χ1n) is 33.3. The van der Waals surface area contributed by atoms with Crippen molar-refractivity contribution in [3.8, 4) is 17.2 Å². The van der Waals surface area contributed by atoms with Crippen molar-refractivity contribution in [3.63, 3.8) is 0 Å². The quantitative estimate of drug-likeness (QED) is 0.0669. The topological polar surface area (TPSA) is 132 Å². The molecular weight excluding hydrogens is 1140 g/mol. The number of aliphatic hydroxyl groups is 1. The molecule has 3 N–H and O–H groups in total. The van der Waals surface area contributed by atoms with Crippen LogP contribution in [0.4, 0.5) is 11.4 Å². The third kappa shape index (κ3) is 13.5. The summed E-state index contributed by atoms with van der Waals surface area (Å²) in [5, 5.41) is 37.4. The number of aromatic hydroxyl groups is 2. The van der Waals surface area contributed by atoms with Crippen LogP contribution in [0.3, 0.4) is 0 Å². The molecule has 0 bridgehead atoms. The molecule has 7 aromatic carbocycles. The molecule has 0 saturated carbocycles. The maximum absolute atomic E-state index is 11.8. The fraction of sp³-hybridized carbons (Fsp3) is 0.405. The van der Waals surface area contributed by atoms with Crippen LogP contribution < -0.4 is 9.64 Å². The van der Waals surface area contributed by atoms with Gasteiger partial charge in [-0.3, -0.25) is 0 Å². The Labute approximate surface area is 536 Å². The Morgan fingerprint density at radius 2 is 1.22 bits per heavy atom. The Bertz CT molecular complexity index is 3950. The average molecular weight is 1230 g/mol. The zero-order valence-electron chi connectivity index (χ0n) is 53.8. The minimum atomic E-state index is -0.634. The molecule has 12 heteroatoms. The number of nitrogens with zero attached hydrogens (tertiary/aromatic N) is 2. The molecule has 0 amide bonds. The van der Waals surface area contributed by atoms with Gasteiger partial charge in [0.2, 0.25) is 5.69 Å². The molecule has 11 atom stereocenters. The Kier molecular flexibility index (Phi) is 18.6. The summed E-state index contributed by atoms with van der Waals surface area (Å²) in [4.78, 5) is 2.35. The van der Waals surface area contributed by atoms with E-state index in [-0.39, 0.29) is 59.5 Å². The molecule has 3 saturated heterocycles. The number of allylic oxidation sites excluding steroid dienone is 7. The van der Waals surface area contributed by atoms with E-state index in [1.54, 1.807) is 24.3 Å². The van der Waals surface area contributed by atoms with Gasteiger partial charge in [-0.15, -0.1) is 0 Å². The number of anilines is 1. The van der Waals surface area contributed by atoms with E-state index in [0.29, 0.717) is 25.0 Å². The molecule has 6 aliphatic rings. The van der Waals surface area contributed by atoms with Crippen molar-refractivity contribution in [1.29, 1.82) is 0 Å². The normalized spacial score (nSPS) is 27.0. The van der Waals surface area contributed by atoms with Crippen LogP contribution in [0.2, 0.25) is 0 Å². The summed E-state index contributed by atoms with van der Waals surface area (Å²) >= 11 is 0. The lowest BCUT2D eigenvalue weighted by Crippen LogP contribution is -2.36. The number of aliphatic hydroxyl groups excluding tert-OH is 1. The lowest BCUT2D eigenvalue weighted by atomic mass is 9.79. The van der Waals surface area contributed by atoms with Gasteiger partial charge in [-0.2, -0.15) is 4.58 Å². The van der Waals surface area contributed by atoms with E-state index in [0.717, 1.165) is 97.8 Å². The number of hydrogen-bond acceptors (Lipinski definition) is 11. The second kappa shape index (κ2) is 27.1. The summed E-state index contributed by atoms with van der Waals surface area (Å²) in [6.45, 7) is 11.2. The van der Waals surface area contributed by atoms with Gasteiger partial charge in [-0.25, -0.2) is 0 Å². The SMILES string of the molecule is CCC1CC(CC(O)CCCC2CC(CCCC3CC(C)OC(c4cccc(O)c4)O3)OC(c3cccc(O)c3)O2)OC(c2cccc(OC3=C(/C=C/C4=[N+](C)c5ccc6ccccc6c5C4(C)C)CC/C3=C\C=C3/C(C)c4c(ccc5ccccc45)N3C)c2)O1. The van der Waals surface area contributed by atoms with Crippen LogP contribution in [0.15, 0.2) is 192 Å². The van der Waals surface area contributed by atoms with E-state index in [4.69, 9.17) is 33.2 Å². The summed E-state index contributed by atoms with van der Waals surface area (Å²) in [5.74, 6) is 2.14. The van der Waals surface area contributed by atoms with E-state index < -0.39 is 25.0 Å². The minimum absolute atomic E-state index is 0.00702.